The molecule has 1 aromatic carbocycles. The molecule has 0 saturated heterocycles. The van der Waals surface area contributed by atoms with Crippen LogP contribution in [0.25, 0.3) is 11.3 Å². The quantitative estimate of drug-likeness (QED) is 0.855. The van der Waals surface area contributed by atoms with Crippen LogP contribution >= 0.6 is 11.8 Å². The van der Waals surface area contributed by atoms with Gasteiger partial charge in [0.2, 0.25) is 0 Å². The van der Waals surface area contributed by atoms with Crippen LogP contribution in [0.5, 0.6) is 0 Å². The molecule has 1 aromatic heterocycles. The fourth-order valence-electron chi connectivity index (χ4n) is 1.63. The Balaban J connectivity index is 2.28. The molecule has 0 unspecified atom stereocenters. The van der Waals surface area contributed by atoms with Crippen molar-refractivity contribution in [2.75, 3.05) is 5.73 Å². The first-order chi connectivity index (χ1) is 8.56. The highest BCUT2D eigenvalue weighted by atomic mass is 32.2. The number of hydrogen-bond acceptors (Lipinski definition) is 3. The van der Waals surface area contributed by atoms with Crippen molar-refractivity contribution in [2.24, 2.45) is 0 Å². The number of rotatable bonds is 3. The molecule has 2 N–H and O–H groups in total. The third kappa shape index (κ3) is 2.98. The van der Waals surface area contributed by atoms with E-state index in [1.807, 2.05) is 13.0 Å². The lowest BCUT2D eigenvalue weighted by Gasteiger charge is -2.06. The lowest BCUT2D eigenvalue weighted by molar-refractivity contribution is 0.252. The Morgan fingerprint density at radius 3 is 2.44 bits per heavy atom. The Labute approximate surface area is 108 Å². The van der Waals surface area contributed by atoms with Crippen LogP contribution in [0.2, 0.25) is 0 Å². The van der Waals surface area contributed by atoms with E-state index in [1.165, 1.54) is 0 Å². The van der Waals surface area contributed by atoms with E-state index in [0.717, 1.165) is 11.1 Å². The number of thioether (sulfide) groups is 1. The van der Waals surface area contributed by atoms with E-state index in [-0.39, 0.29) is 0 Å². The number of nitrogens with two attached hydrogens (primary N) is 1. The number of alkyl halides is 2. The summed E-state index contributed by atoms with van der Waals surface area (Å²) in [6.07, 6.45) is 1.73. The number of hydrogen-bond donors (Lipinski definition) is 1. The fraction of sp³-hybridized carbons (Fsp3) is 0.154. The Morgan fingerprint density at radius 1 is 1.22 bits per heavy atom. The van der Waals surface area contributed by atoms with Crippen molar-refractivity contribution < 1.29 is 8.78 Å². The summed E-state index contributed by atoms with van der Waals surface area (Å²) in [5, 5.41) is 0. The molecule has 2 aromatic rings. The van der Waals surface area contributed by atoms with Gasteiger partial charge in [-0.2, -0.15) is 8.78 Å². The van der Waals surface area contributed by atoms with Crippen molar-refractivity contribution in [3.8, 4) is 11.3 Å². The van der Waals surface area contributed by atoms with Crippen LogP contribution in [0, 0.1) is 6.92 Å². The Morgan fingerprint density at radius 2 is 1.89 bits per heavy atom. The van der Waals surface area contributed by atoms with Gasteiger partial charge in [-0.3, -0.25) is 4.98 Å². The number of aromatic nitrogens is 1. The van der Waals surface area contributed by atoms with Crippen molar-refractivity contribution in [2.45, 2.75) is 17.6 Å². The molecule has 0 aliphatic heterocycles. The monoisotopic (exact) mass is 266 g/mol. The van der Waals surface area contributed by atoms with E-state index in [1.54, 1.807) is 30.5 Å². The summed E-state index contributed by atoms with van der Waals surface area (Å²) in [6.45, 7) is 1.91. The van der Waals surface area contributed by atoms with Gasteiger partial charge >= 0.3 is 0 Å². The molecule has 2 nitrogen and oxygen atoms in total. The summed E-state index contributed by atoms with van der Waals surface area (Å²) in [4.78, 5) is 4.79. The minimum atomic E-state index is -2.40. The van der Waals surface area contributed by atoms with Gasteiger partial charge in [0.15, 0.2) is 0 Å². The SMILES string of the molecule is Cc1cnc(-c2ccc(SC(F)F)cc2)c(N)c1. The zero-order valence-electron chi connectivity index (χ0n) is 9.73. The highest BCUT2D eigenvalue weighted by molar-refractivity contribution is 7.99. The molecule has 0 fully saturated rings. The van der Waals surface area contributed by atoms with Gasteiger partial charge < -0.3 is 5.73 Å². The molecule has 1 heterocycles. The van der Waals surface area contributed by atoms with Crippen LogP contribution in [0.4, 0.5) is 14.5 Å². The van der Waals surface area contributed by atoms with Gasteiger partial charge in [0, 0.05) is 16.7 Å². The first kappa shape index (κ1) is 12.8. The number of benzene rings is 1. The average molecular weight is 266 g/mol. The van der Waals surface area contributed by atoms with Crippen molar-refractivity contribution >= 4 is 17.4 Å². The molecule has 2 rings (SSSR count). The molecule has 0 amide bonds. The van der Waals surface area contributed by atoms with Gasteiger partial charge in [-0.15, -0.1) is 0 Å². The van der Waals surface area contributed by atoms with Crippen LogP contribution in [-0.4, -0.2) is 10.7 Å². The maximum Gasteiger partial charge on any atom is 0.288 e. The summed E-state index contributed by atoms with van der Waals surface area (Å²) in [5.41, 5.74) is 8.96. The van der Waals surface area contributed by atoms with E-state index in [4.69, 9.17) is 5.73 Å². The molecule has 5 heteroatoms. The summed E-state index contributed by atoms with van der Waals surface area (Å²) < 4.78 is 24.4. The average Bonchev–Trinajstić information content (AvgIpc) is 2.30. The number of aryl methyl sites for hydroxylation is 1. The molecule has 0 atom stereocenters. The molecule has 18 heavy (non-hydrogen) atoms. The molecule has 0 radical (unpaired) electrons. The summed E-state index contributed by atoms with van der Waals surface area (Å²) in [5.74, 6) is -2.40. The molecule has 0 aliphatic carbocycles. The zero-order chi connectivity index (χ0) is 13.1. The smallest absolute Gasteiger partial charge is 0.288 e. The minimum absolute atomic E-state index is 0.524. The second-order valence-electron chi connectivity index (χ2n) is 3.85. The number of anilines is 1. The molecule has 94 valence electrons. The number of nitrogens with zero attached hydrogens (tertiary/aromatic N) is 1. The van der Waals surface area contributed by atoms with Gasteiger partial charge in [0.25, 0.3) is 5.76 Å². The van der Waals surface area contributed by atoms with Crippen molar-refractivity contribution in [3.05, 3.63) is 42.1 Å². The largest absolute Gasteiger partial charge is 0.397 e. The van der Waals surface area contributed by atoms with Crippen LogP contribution in [0.3, 0.4) is 0 Å². The molecule has 0 bridgehead atoms. The number of pyridine rings is 1. The van der Waals surface area contributed by atoms with Gasteiger partial charge in [-0.1, -0.05) is 23.9 Å². The summed E-state index contributed by atoms with van der Waals surface area (Å²) >= 11 is 0.524. The van der Waals surface area contributed by atoms with E-state index in [2.05, 4.69) is 4.98 Å². The predicted molar refractivity (Wildman–Crippen MR) is 70.7 cm³/mol. The van der Waals surface area contributed by atoms with Crippen molar-refractivity contribution in [1.82, 2.24) is 4.98 Å². The fourth-order valence-corrected chi connectivity index (χ4v) is 2.13. The Hall–Kier alpha value is -1.62. The molecule has 0 spiro atoms. The summed E-state index contributed by atoms with van der Waals surface area (Å²) in [6, 6.07) is 8.63. The standard InChI is InChI=1S/C13H12F2N2S/c1-8-6-11(16)12(17-7-8)9-2-4-10(5-3-9)18-13(14)15/h2-7,13H,16H2,1H3. The lowest BCUT2D eigenvalue weighted by atomic mass is 10.1. The van der Waals surface area contributed by atoms with Gasteiger partial charge in [-0.25, -0.2) is 0 Å². The second-order valence-corrected chi connectivity index (χ2v) is 4.92. The second kappa shape index (κ2) is 5.35. The maximum absolute atomic E-state index is 12.2. The van der Waals surface area contributed by atoms with Crippen molar-refractivity contribution in [1.29, 1.82) is 0 Å². The van der Waals surface area contributed by atoms with Crippen LogP contribution in [0.1, 0.15) is 5.56 Å². The van der Waals surface area contributed by atoms with Gasteiger partial charge in [-0.05, 0) is 30.7 Å². The topological polar surface area (TPSA) is 38.9 Å². The zero-order valence-corrected chi connectivity index (χ0v) is 10.5. The van der Waals surface area contributed by atoms with E-state index in [9.17, 15) is 8.78 Å². The van der Waals surface area contributed by atoms with E-state index >= 15 is 0 Å². The Kier molecular flexibility index (Phi) is 3.81. The molecule has 0 aliphatic rings. The third-order valence-corrected chi connectivity index (χ3v) is 3.13. The Bertz CT molecular complexity index is 541. The lowest BCUT2D eigenvalue weighted by Crippen LogP contribution is -1.94. The van der Waals surface area contributed by atoms with Gasteiger partial charge in [0.05, 0.1) is 11.4 Å². The first-order valence-corrected chi connectivity index (χ1v) is 6.21. The molecular weight excluding hydrogens is 254 g/mol. The minimum Gasteiger partial charge on any atom is -0.397 e. The molecule has 0 saturated carbocycles. The van der Waals surface area contributed by atoms with E-state index < -0.39 is 5.76 Å². The van der Waals surface area contributed by atoms with Crippen LogP contribution < -0.4 is 5.73 Å². The number of halogens is 2. The van der Waals surface area contributed by atoms with Crippen LogP contribution in [-0.2, 0) is 0 Å². The van der Waals surface area contributed by atoms with Crippen LogP contribution in [0.15, 0.2) is 41.4 Å². The normalized spacial score (nSPS) is 10.9. The van der Waals surface area contributed by atoms with E-state index in [0.29, 0.717) is 28.0 Å². The highest BCUT2D eigenvalue weighted by Gasteiger charge is 2.07. The molecular formula is C13H12F2N2S. The highest BCUT2D eigenvalue weighted by Crippen LogP contribution is 2.29. The predicted octanol–water partition coefficient (Wildman–Crippen LogP) is 3.95. The van der Waals surface area contributed by atoms with Gasteiger partial charge in [0.1, 0.15) is 0 Å². The summed E-state index contributed by atoms with van der Waals surface area (Å²) in [7, 11) is 0. The maximum atomic E-state index is 12.2. The van der Waals surface area contributed by atoms with Crippen molar-refractivity contribution in [3.63, 3.8) is 0 Å². The third-order valence-electron chi connectivity index (χ3n) is 2.41. The first-order valence-electron chi connectivity index (χ1n) is 5.33. The number of nitrogen functional groups attached to an aromatic ring is 1.